The molecule has 2 rings (SSSR count). The van der Waals surface area contributed by atoms with Crippen LogP contribution in [0.15, 0.2) is 352 Å². The molecule has 0 bridgehead atoms. The fourth-order valence-electron chi connectivity index (χ4n) is 3.62. The first-order valence-corrected chi connectivity index (χ1v) is 26.6. The van der Waals surface area contributed by atoms with Gasteiger partial charge in [-0.3, -0.25) is 29.4 Å². The number of imide groups is 1. The highest BCUT2D eigenvalue weighted by Gasteiger charge is 2.31. The lowest BCUT2D eigenvalue weighted by atomic mass is 9.85. The van der Waals surface area contributed by atoms with E-state index in [-0.39, 0.29) is 36.4 Å². The Labute approximate surface area is 625 Å². The molecule has 0 saturated carbocycles. The molecule has 105 heavy (non-hydrogen) atoms. The minimum Gasteiger partial charge on any atom is -0.461 e. The van der Waals surface area contributed by atoms with Crippen LogP contribution >= 0.6 is 0 Å². The summed E-state index contributed by atoms with van der Waals surface area (Å²) in [6.07, 6.45) is 3.67. The van der Waals surface area contributed by atoms with Crippen LogP contribution in [-0.4, -0.2) is 60.3 Å². The smallest absolute Gasteiger partial charge is 0.338 e. The molecule has 1 atom stereocenters. The van der Waals surface area contributed by atoms with E-state index in [2.05, 4.69) is 437 Å². The summed E-state index contributed by atoms with van der Waals surface area (Å²) in [7, 11) is 1.07. The van der Waals surface area contributed by atoms with Gasteiger partial charge in [-0.15, -0.1) is 316 Å². The summed E-state index contributed by atoms with van der Waals surface area (Å²) in [6.45, 7) is 145. The van der Waals surface area contributed by atoms with Crippen molar-refractivity contribution in [3.8, 4) is 0 Å². The number of esters is 1. The van der Waals surface area contributed by atoms with Crippen molar-refractivity contribution < 1.29 is 154 Å². The Morgan fingerprint density at radius 2 is 0.600 bits per heavy atom. The molecule has 1 unspecified atom stereocenters. The largest absolute Gasteiger partial charge is 0.461 e. The zero-order valence-corrected chi connectivity index (χ0v) is 62.5. The second kappa shape index (κ2) is 226. The molecule has 0 N–H and O–H groups in total. The molecule has 610 valence electrons. The van der Waals surface area contributed by atoms with E-state index in [1.54, 1.807) is 0 Å². The van der Waals surface area contributed by atoms with E-state index in [1.807, 2.05) is 0 Å². The van der Waals surface area contributed by atoms with Crippen LogP contribution in [-0.2, 0) is 145 Å². The number of hydrogen-bond acceptors (Lipinski definition) is 32. The van der Waals surface area contributed by atoms with Crippen LogP contribution in [0.4, 0.5) is 5.69 Å². The van der Waals surface area contributed by atoms with Gasteiger partial charge in [0.2, 0.25) is 0 Å². The third-order valence-corrected chi connectivity index (χ3v) is 5.86. The minimum absolute atomic E-state index is 0.00336. The quantitative estimate of drug-likeness (QED) is 0.0113. The summed E-state index contributed by atoms with van der Waals surface area (Å²) >= 11 is 0. The molecule has 0 aliphatic carbocycles. The SMILES string of the molecule is C=C.C=C.C=C.C=C.C=C.C=C.C=C.C=C.C=C.C=C.C=C.C=C.C=C.C=C.C=C.C=C.C=C.C=C.C=C.C=C.C=C.C=C.C=C.C=C.COOOOOOOOOOOOOOOOOOOOOOOOOCC(C)(COC(=O)c1ccc([N+](=O)[O-])cc1)CC(=O)CCCCCN1C(=O)C=CC1=O. The minimum atomic E-state index is -1.23. The number of non-ortho nitro benzene ring substituents is 1. The van der Waals surface area contributed by atoms with E-state index in [0.29, 0.717) is 19.3 Å². The van der Waals surface area contributed by atoms with E-state index in [4.69, 9.17) is 9.62 Å². The number of nitrogens with zero attached hydrogens (tertiary/aromatic N) is 2. The zero-order chi connectivity index (χ0) is 89.4. The number of nitro groups is 1. The maximum atomic E-state index is 12.8. The summed E-state index contributed by atoms with van der Waals surface area (Å²) in [6, 6.07) is 4.60. The fourth-order valence-corrected chi connectivity index (χ4v) is 3.62. The van der Waals surface area contributed by atoms with Crippen molar-refractivity contribution in [1.29, 1.82) is 0 Å². The van der Waals surface area contributed by atoms with E-state index in [0.717, 1.165) is 24.1 Å². The number of carbonyl (C=O) groups is 4. The van der Waals surface area contributed by atoms with E-state index in [1.165, 1.54) is 31.2 Å². The van der Waals surface area contributed by atoms with Gasteiger partial charge in [0.1, 0.15) is 5.78 Å². The normalized spacial score (nSPS) is 8.34. The zero-order valence-electron chi connectivity index (χ0n) is 62.5. The van der Waals surface area contributed by atoms with E-state index < -0.39 is 41.3 Å². The highest BCUT2D eigenvalue weighted by Crippen LogP contribution is 2.26. The van der Waals surface area contributed by atoms with Crippen molar-refractivity contribution in [2.75, 3.05) is 26.9 Å². The van der Waals surface area contributed by atoms with Gasteiger partial charge in [-0.1, -0.05) is 13.3 Å². The molecule has 34 heteroatoms. The number of amides is 2. The van der Waals surface area contributed by atoms with Crippen molar-refractivity contribution in [1.82, 2.24) is 4.90 Å². The molecule has 0 saturated heterocycles. The second-order valence-corrected chi connectivity index (χ2v) is 9.87. The molecule has 34 nitrogen and oxygen atoms in total. The number of ether oxygens (including phenoxy) is 1. The summed E-state index contributed by atoms with van der Waals surface area (Å²) in [5, 5.41) is 95.4. The molecular formula is C71H124N2O32. The lowest BCUT2D eigenvalue weighted by Gasteiger charge is -2.27. The average molecular weight is 1520 g/mol. The van der Waals surface area contributed by atoms with Gasteiger partial charge in [-0.05, 0) is 106 Å². The number of unbranched alkanes of at least 4 members (excludes halogenated alkanes) is 2. The van der Waals surface area contributed by atoms with Gasteiger partial charge in [0.05, 0.1) is 30.8 Å². The van der Waals surface area contributed by atoms with Crippen molar-refractivity contribution in [2.24, 2.45) is 5.41 Å². The topological polar surface area (TPSA) is 355 Å². The van der Waals surface area contributed by atoms with Crippen LogP contribution in [0.3, 0.4) is 0 Å². The molecule has 1 aromatic carbocycles. The maximum Gasteiger partial charge on any atom is 0.338 e. The Hall–Kier alpha value is -10.6. The molecule has 1 aliphatic rings. The number of nitro benzene ring substituents is 1. The molecule has 2 amide bonds. The molecule has 1 aliphatic heterocycles. The maximum absolute atomic E-state index is 12.8. The third-order valence-electron chi connectivity index (χ3n) is 5.86. The van der Waals surface area contributed by atoms with Crippen LogP contribution in [0.25, 0.3) is 0 Å². The highest BCUT2D eigenvalue weighted by atomic mass is 18.0. The van der Waals surface area contributed by atoms with Crippen LogP contribution < -0.4 is 0 Å². The number of ketones is 1. The molecule has 1 aromatic rings. The van der Waals surface area contributed by atoms with Gasteiger partial charge in [0, 0.05) is 84.4 Å². The van der Waals surface area contributed by atoms with Crippen LogP contribution in [0.2, 0.25) is 0 Å². The Balaban J connectivity index is -0.0000000563. The summed E-state index contributed by atoms with van der Waals surface area (Å²) in [4.78, 5) is 68.7. The molecule has 0 aromatic heterocycles. The van der Waals surface area contributed by atoms with E-state index >= 15 is 0 Å². The number of benzene rings is 1. The van der Waals surface area contributed by atoms with Crippen LogP contribution in [0.5, 0.6) is 0 Å². The predicted molar refractivity (Wildman–Crippen MR) is 413 cm³/mol. The van der Waals surface area contributed by atoms with Crippen molar-refractivity contribution in [3.05, 3.63) is 368 Å². The van der Waals surface area contributed by atoms with Crippen LogP contribution in [0.1, 0.15) is 49.4 Å². The molecule has 0 radical (unpaired) electrons. The van der Waals surface area contributed by atoms with Gasteiger partial charge in [0.25, 0.3) is 17.5 Å². The highest BCUT2D eigenvalue weighted by molar-refractivity contribution is 6.12. The lowest BCUT2D eigenvalue weighted by Crippen LogP contribution is -2.33. The number of rotatable bonds is 38. The number of Topliss-reactive ketones (excluding diaryl/α,β-unsaturated/α-hetero) is 1. The van der Waals surface area contributed by atoms with E-state index in [9.17, 15) is 29.3 Å². The molecule has 1 heterocycles. The monoisotopic (exact) mass is 1520 g/mol. The fraction of sp³-hybridized carbons (Fsp3) is 0.155. The van der Waals surface area contributed by atoms with Gasteiger partial charge in [0.15, 0.2) is 0 Å². The third kappa shape index (κ3) is 172. The van der Waals surface area contributed by atoms with Crippen molar-refractivity contribution in [3.63, 3.8) is 0 Å². The van der Waals surface area contributed by atoms with Crippen molar-refractivity contribution in [2.45, 2.75) is 39.0 Å². The number of hydrogen-bond donors (Lipinski definition) is 0. The Kier molecular flexibility index (Phi) is 348. The Bertz CT molecular complexity index is 1640. The van der Waals surface area contributed by atoms with Gasteiger partial charge >= 0.3 is 5.97 Å². The van der Waals surface area contributed by atoms with Gasteiger partial charge < -0.3 is 4.74 Å². The van der Waals surface area contributed by atoms with Gasteiger partial charge in [-0.25, -0.2) is 14.6 Å². The number of carbonyl (C=O) groups excluding carboxylic acids is 4. The predicted octanol–water partition coefficient (Wildman–Crippen LogP) is 20.5. The van der Waals surface area contributed by atoms with Crippen LogP contribution in [0, 0.1) is 15.5 Å². The molecule has 0 spiro atoms. The van der Waals surface area contributed by atoms with Gasteiger partial charge in [-0.2, -0.15) is 0 Å². The molecule has 0 fully saturated rings. The lowest BCUT2D eigenvalue weighted by molar-refractivity contribution is -0.900. The summed E-state index contributed by atoms with van der Waals surface area (Å²) in [5.74, 6) is -1.93. The first-order valence-electron chi connectivity index (χ1n) is 26.6. The second-order valence-electron chi connectivity index (χ2n) is 9.87. The van der Waals surface area contributed by atoms with Crippen molar-refractivity contribution >= 4 is 29.3 Å². The molecular weight excluding hydrogens is 1390 g/mol. The standard InChI is InChI=1S/C23H28N2O32.24C2H4/c1-23(15-33-22(29)17-7-9-18(10-8-17)25(30)31,14-19(26)6-4-3-5-13-24-20(27)11-12-21(24)28)16-34-36-38-40-42-44-46-48-50-52-54-56-57-55-53-51-49-47-45-43-41-39-37-35-32-2;24*1-2/h7-12H,3-6,13-16H2,1-2H3;24*1-2H2. The Morgan fingerprint density at radius 1 is 0.362 bits per heavy atom. The summed E-state index contributed by atoms with van der Waals surface area (Å²) in [5.41, 5.74) is -1.48. The average Bonchev–Trinajstić information content (AvgIpc) is 1.87. The first kappa shape index (κ1) is 162. The first-order chi connectivity index (χ1) is 51.6. The Morgan fingerprint density at radius 3 is 0.838 bits per heavy atom. The summed E-state index contributed by atoms with van der Waals surface area (Å²) < 4.78 is 5.31.